The SMILES string of the molecule is C[C@H]1C[C@@H]2C[C@H]1N(C(=O)OC(C)(C)C)C2. The molecule has 2 aliphatic rings. The molecule has 3 heteroatoms. The minimum Gasteiger partial charge on any atom is -0.444 e. The van der Waals surface area contributed by atoms with Gasteiger partial charge < -0.3 is 9.64 Å². The van der Waals surface area contributed by atoms with Crippen molar-refractivity contribution < 1.29 is 9.53 Å². The quantitative estimate of drug-likeness (QED) is 0.616. The Labute approximate surface area is 91.8 Å². The lowest BCUT2D eigenvalue weighted by Crippen LogP contribution is -2.44. The van der Waals surface area contributed by atoms with Gasteiger partial charge in [0.25, 0.3) is 0 Å². The highest BCUT2D eigenvalue weighted by Crippen LogP contribution is 2.41. The van der Waals surface area contributed by atoms with Crippen LogP contribution in [-0.2, 0) is 4.74 Å². The van der Waals surface area contributed by atoms with Crippen LogP contribution < -0.4 is 0 Å². The number of likely N-dealkylation sites (tertiary alicyclic amines) is 1. The molecule has 15 heavy (non-hydrogen) atoms. The molecule has 0 aromatic rings. The zero-order valence-corrected chi connectivity index (χ0v) is 10.1. The van der Waals surface area contributed by atoms with Crippen LogP contribution in [0.25, 0.3) is 0 Å². The molecule has 0 spiro atoms. The number of amides is 1. The molecule has 1 aliphatic carbocycles. The monoisotopic (exact) mass is 211 g/mol. The number of hydrogen-bond acceptors (Lipinski definition) is 2. The third-order valence-corrected chi connectivity index (χ3v) is 3.42. The molecule has 3 atom stereocenters. The normalized spacial score (nSPS) is 34.7. The fourth-order valence-electron chi connectivity index (χ4n) is 2.88. The van der Waals surface area contributed by atoms with Crippen molar-refractivity contribution in [3.05, 3.63) is 0 Å². The van der Waals surface area contributed by atoms with E-state index in [0.29, 0.717) is 12.0 Å². The molecular weight excluding hydrogens is 190 g/mol. The van der Waals surface area contributed by atoms with Crippen LogP contribution in [0.5, 0.6) is 0 Å². The number of hydrogen-bond donors (Lipinski definition) is 0. The van der Waals surface area contributed by atoms with Gasteiger partial charge in [-0.3, -0.25) is 0 Å². The third kappa shape index (κ3) is 2.11. The van der Waals surface area contributed by atoms with Gasteiger partial charge in [-0.15, -0.1) is 0 Å². The first-order chi connectivity index (χ1) is 6.87. The van der Waals surface area contributed by atoms with E-state index in [0.717, 1.165) is 12.5 Å². The molecule has 1 saturated heterocycles. The fourth-order valence-corrected chi connectivity index (χ4v) is 2.88. The predicted octanol–water partition coefficient (Wildman–Crippen LogP) is 2.65. The summed E-state index contributed by atoms with van der Waals surface area (Å²) in [6, 6.07) is 0.435. The highest BCUT2D eigenvalue weighted by Gasteiger charge is 2.45. The van der Waals surface area contributed by atoms with Gasteiger partial charge in [0, 0.05) is 12.6 Å². The Morgan fingerprint density at radius 2 is 2.00 bits per heavy atom. The summed E-state index contributed by atoms with van der Waals surface area (Å²) >= 11 is 0. The van der Waals surface area contributed by atoms with Crippen molar-refractivity contribution >= 4 is 6.09 Å². The Morgan fingerprint density at radius 1 is 1.33 bits per heavy atom. The molecule has 0 unspecified atom stereocenters. The van der Waals surface area contributed by atoms with Gasteiger partial charge in [-0.25, -0.2) is 4.79 Å². The minimum absolute atomic E-state index is 0.124. The number of rotatable bonds is 0. The molecule has 0 N–H and O–H groups in total. The van der Waals surface area contributed by atoms with Gasteiger partial charge in [0.1, 0.15) is 5.60 Å². The van der Waals surface area contributed by atoms with Crippen LogP contribution in [0, 0.1) is 11.8 Å². The van der Waals surface area contributed by atoms with Crippen LogP contribution in [0.2, 0.25) is 0 Å². The van der Waals surface area contributed by atoms with Gasteiger partial charge in [0.2, 0.25) is 0 Å². The second-order valence-corrected chi connectivity index (χ2v) is 6.01. The third-order valence-electron chi connectivity index (χ3n) is 3.42. The minimum atomic E-state index is -0.373. The fraction of sp³-hybridized carbons (Fsp3) is 0.917. The number of carbonyl (C=O) groups is 1. The number of piperidine rings is 1. The first-order valence-electron chi connectivity index (χ1n) is 5.86. The van der Waals surface area contributed by atoms with Crippen LogP contribution in [0.1, 0.15) is 40.5 Å². The number of ether oxygens (including phenoxy) is 1. The maximum absolute atomic E-state index is 11.9. The summed E-state index contributed by atoms with van der Waals surface area (Å²) in [6.07, 6.45) is 2.34. The maximum Gasteiger partial charge on any atom is 0.410 e. The molecule has 2 fully saturated rings. The first kappa shape index (κ1) is 10.8. The molecule has 1 heterocycles. The van der Waals surface area contributed by atoms with Crippen molar-refractivity contribution in [3.63, 3.8) is 0 Å². The maximum atomic E-state index is 11.9. The number of fused-ring (bicyclic) bond motifs is 2. The smallest absolute Gasteiger partial charge is 0.410 e. The predicted molar refractivity (Wildman–Crippen MR) is 58.6 cm³/mol. The Hall–Kier alpha value is -0.730. The van der Waals surface area contributed by atoms with Crippen molar-refractivity contribution in [3.8, 4) is 0 Å². The topological polar surface area (TPSA) is 29.5 Å². The van der Waals surface area contributed by atoms with E-state index in [-0.39, 0.29) is 11.7 Å². The van der Waals surface area contributed by atoms with Crippen molar-refractivity contribution in [1.29, 1.82) is 0 Å². The lowest BCUT2D eigenvalue weighted by Gasteiger charge is -2.33. The van der Waals surface area contributed by atoms with Gasteiger partial charge in [0.05, 0.1) is 0 Å². The molecular formula is C12H21NO2. The summed E-state index contributed by atoms with van der Waals surface area (Å²) in [4.78, 5) is 13.8. The van der Waals surface area contributed by atoms with Crippen molar-refractivity contribution in [1.82, 2.24) is 4.90 Å². The average Bonchev–Trinajstić information content (AvgIpc) is 2.58. The molecule has 0 aromatic heterocycles. The van der Waals surface area contributed by atoms with E-state index < -0.39 is 0 Å². The van der Waals surface area contributed by atoms with Gasteiger partial charge in [-0.05, 0) is 45.4 Å². The summed E-state index contributed by atoms with van der Waals surface area (Å²) in [6.45, 7) is 8.90. The van der Waals surface area contributed by atoms with Crippen LogP contribution in [0.4, 0.5) is 4.79 Å². The molecule has 3 nitrogen and oxygen atoms in total. The largest absolute Gasteiger partial charge is 0.444 e. The van der Waals surface area contributed by atoms with Crippen molar-refractivity contribution in [2.45, 2.75) is 52.2 Å². The summed E-state index contributed by atoms with van der Waals surface area (Å²) in [7, 11) is 0. The zero-order chi connectivity index (χ0) is 11.2. The van der Waals surface area contributed by atoms with E-state index in [1.54, 1.807) is 0 Å². The van der Waals surface area contributed by atoms with E-state index in [2.05, 4.69) is 6.92 Å². The molecule has 1 saturated carbocycles. The first-order valence-corrected chi connectivity index (χ1v) is 5.86. The lowest BCUT2D eigenvalue weighted by molar-refractivity contribution is 0.0142. The van der Waals surface area contributed by atoms with Gasteiger partial charge >= 0.3 is 6.09 Å². The summed E-state index contributed by atoms with van der Waals surface area (Å²) in [5.74, 6) is 1.37. The zero-order valence-electron chi connectivity index (χ0n) is 10.1. The van der Waals surface area contributed by atoms with Crippen LogP contribution in [0.15, 0.2) is 0 Å². The second kappa shape index (κ2) is 3.39. The Balaban J connectivity index is 1.98. The van der Waals surface area contributed by atoms with E-state index in [9.17, 15) is 4.79 Å². The van der Waals surface area contributed by atoms with Crippen LogP contribution in [-0.4, -0.2) is 29.2 Å². The summed E-state index contributed by atoms with van der Waals surface area (Å²) in [5, 5.41) is 0. The number of carbonyl (C=O) groups excluding carboxylic acids is 1. The highest BCUT2D eigenvalue weighted by molar-refractivity contribution is 5.69. The molecule has 1 aliphatic heterocycles. The molecule has 0 radical (unpaired) electrons. The van der Waals surface area contributed by atoms with E-state index in [1.165, 1.54) is 12.8 Å². The van der Waals surface area contributed by atoms with E-state index in [4.69, 9.17) is 4.74 Å². The van der Waals surface area contributed by atoms with E-state index >= 15 is 0 Å². The Kier molecular flexibility index (Phi) is 2.44. The molecule has 1 amide bonds. The summed E-state index contributed by atoms with van der Waals surface area (Å²) in [5.41, 5.74) is -0.373. The molecule has 2 rings (SSSR count). The van der Waals surface area contributed by atoms with Gasteiger partial charge in [-0.1, -0.05) is 6.92 Å². The molecule has 0 aromatic carbocycles. The van der Waals surface area contributed by atoms with Crippen LogP contribution in [0.3, 0.4) is 0 Å². The molecule has 86 valence electrons. The molecule has 2 bridgehead atoms. The second-order valence-electron chi connectivity index (χ2n) is 6.01. The average molecular weight is 211 g/mol. The van der Waals surface area contributed by atoms with Gasteiger partial charge in [0.15, 0.2) is 0 Å². The van der Waals surface area contributed by atoms with Gasteiger partial charge in [-0.2, -0.15) is 0 Å². The van der Waals surface area contributed by atoms with Crippen LogP contribution >= 0.6 is 0 Å². The lowest BCUT2D eigenvalue weighted by atomic mass is 10.0. The number of nitrogens with zero attached hydrogens (tertiary/aromatic N) is 1. The van der Waals surface area contributed by atoms with Crippen molar-refractivity contribution in [2.24, 2.45) is 11.8 Å². The van der Waals surface area contributed by atoms with Crippen molar-refractivity contribution in [2.75, 3.05) is 6.54 Å². The highest BCUT2D eigenvalue weighted by atomic mass is 16.6. The standard InChI is InChI=1S/C12H21NO2/c1-8-5-9-6-10(8)13(7-9)11(14)15-12(2,3)4/h8-10H,5-7H2,1-4H3/t8-,9+,10+/m0/s1. The Bertz CT molecular complexity index is 269. The van der Waals surface area contributed by atoms with E-state index in [1.807, 2.05) is 25.7 Å². The summed E-state index contributed by atoms with van der Waals surface area (Å²) < 4.78 is 5.41. The Morgan fingerprint density at radius 3 is 2.47 bits per heavy atom.